The standard InChI is InChI=1S/C17H24N4O5/c1-12(22)18-14-6-5-13(11-15(14)21(24)25)19-7-9-20(10-8-19)16(23)26-17(2,3)4/h5-6,11H,7-10H2,1-4H3,(H,18,22). The summed E-state index contributed by atoms with van der Waals surface area (Å²) < 4.78 is 5.36. The number of rotatable bonds is 3. The van der Waals surface area contributed by atoms with Crippen LogP contribution in [0.5, 0.6) is 0 Å². The second-order valence-electron chi connectivity index (χ2n) is 7.09. The number of hydrogen-bond donors (Lipinski definition) is 1. The summed E-state index contributed by atoms with van der Waals surface area (Å²) in [5.41, 5.74) is 0.134. The summed E-state index contributed by atoms with van der Waals surface area (Å²) in [6, 6.07) is 4.69. The van der Waals surface area contributed by atoms with Crippen LogP contribution in [0.1, 0.15) is 27.7 Å². The molecule has 1 heterocycles. The Morgan fingerprint density at radius 1 is 1.19 bits per heavy atom. The van der Waals surface area contributed by atoms with Gasteiger partial charge in [-0.2, -0.15) is 0 Å². The van der Waals surface area contributed by atoms with Gasteiger partial charge in [-0.3, -0.25) is 14.9 Å². The van der Waals surface area contributed by atoms with Crippen LogP contribution in [0.15, 0.2) is 18.2 Å². The molecule has 0 bridgehead atoms. The second kappa shape index (κ2) is 7.59. The van der Waals surface area contributed by atoms with E-state index in [2.05, 4.69) is 5.32 Å². The second-order valence-corrected chi connectivity index (χ2v) is 7.09. The molecule has 1 aliphatic rings. The van der Waals surface area contributed by atoms with Crippen LogP contribution in [0.2, 0.25) is 0 Å². The molecule has 1 N–H and O–H groups in total. The summed E-state index contributed by atoms with van der Waals surface area (Å²) >= 11 is 0. The SMILES string of the molecule is CC(=O)Nc1ccc(N2CCN(C(=O)OC(C)(C)C)CC2)cc1[N+](=O)[O-]. The topological polar surface area (TPSA) is 105 Å². The summed E-state index contributed by atoms with van der Waals surface area (Å²) in [6.07, 6.45) is -0.357. The predicted octanol–water partition coefficient (Wildman–Crippen LogP) is 2.61. The predicted molar refractivity (Wildman–Crippen MR) is 97.4 cm³/mol. The number of benzene rings is 1. The Balaban J connectivity index is 2.07. The van der Waals surface area contributed by atoms with E-state index in [9.17, 15) is 19.7 Å². The van der Waals surface area contributed by atoms with Crippen molar-refractivity contribution in [3.05, 3.63) is 28.3 Å². The molecule has 9 nitrogen and oxygen atoms in total. The van der Waals surface area contributed by atoms with E-state index < -0.39 is 10.5 Å². The number of nitrogens with one attached hydrogen (secondary N) is 1. The van der Waals surface area contributed by atoms with Crippen LogP contribution in [0, 0.1) is 10.1 Å². The van der Waals surface area contributed by atoms with Gasteiger partial charge in [0.15, 0.2) is 0 Å². The number of nitrogens with zero attached hydrogens (tertiary/aromatic N) is 3. The number of hydrogen-bond acceptors (Lipinski definition) is 6. The molecule has 1 aliphatic heterocycles. The average molecular weight is 364 g/mol. The van der Waals surface area contributed by atoms with E-state index in [-0.39, 0.29) is 23.4 Å². The normalized spacial score (nSPS) is 14.8. The highest BCUT2D eigenvalue weighted by Crippen LogP contribution is 2.30. The number of carbonyl (C=O) groups excluding carboxylic acids is 2. The van der Waals surface area contributed by atoms with Crippen molar-refractivity contribution in [2.75, 3.05) is 36.4 Å². The summed E-state index contributed by atoms with van der Waals surface area (Å²) in [5.74, 6) is -0.369. The fourth-order valence-electron chi connectivity index (χ4n) is 2.64. The molecular weight excluding hydrogens is 340 g/mol. The minimum absolute atomic E-state index is 0.160. The molecule has 0 radical (unpaired) electrons. The van der Waals surface area contributed by atoms with E-state index in [4.69, 9.17) is 4.74 Å². The highest BCUT2D eigenvalue weighted by Gasteiger charge is 2.27. The lowest BCUT2D eigenvalue weighted by molar-refractivity contribution is -0.383. The molecule has 2 rings (SSSR count). The first-order chi connectivity index (χ1) is 12.1. The van der Waals surface area contributed by atoms with Crippen LogP contribution in [0.3, 0.4) is 0 Å². The highest BCUT2D eigenvalue weighted by atomic mass is 16.6. The molecule has 0 aliphatic carbocycles. The van der Waals surface area contributed by atoms with Gasteiger partial charge in [0.25, 0.3) is 5.69 Å². The highest BCUT2D eigenvalue weighted by molar-refractivity contribution is 5.91. The van der Waals surface area contributed by atoms with E-state index >= 15 is 0 Å². The number of anilines is 2. The summed E-state index contributed by atoms with van der Waals surface area (Å²) in [4.78, 5) is 37.6. The van der Waals surface area contributed by atoms with Crippen LogP contribution in [0.25, 0.3) is 0 Å². The first-order valence-electron chi connectivity index (χ1n) is 8.36. The minimum Gasteiger partial charge on any atom is -0.444 e. The fraction of sp³-hybridized carbons (Fsp3) is 0.529. The van der Waals surface area contributed by atoms with Gasteiger partial charge in [-0.25, -0.2) is 4.79 Å². The lowest BCUT2D eigenvalue weighted by atomic mass is 10.2. The third-order valence-corrected chi connectivity index (χ3v) is 3.79. The van der Waals surface area contributed by atoms with Crippen LogP contribution >= 0.6 is 0 Å². The lowest BCUT2D eigenvalue weighted by Gasteiger charge is -2.36. The van der Waals surface area contributed by atoms with E-state index in [1.54, 1.807) is 11.0 Å². The van der Waals surface area contributed by atoms with Gasteiger partial charge >= 0.3 is 6.09 Å². The van der Waals surface area contributed by atoms with Crippen LogP contribution in [-0.4, -0.2) is 53.6 Å². The molecule has 1 aromatic rings. The van der Waals surface area contributed by atoms with E-state index in [0.29, 0.717) is 31.9 Å². The van der Waals surface area contributed by atoms with Gasteiger partial charge in [-0.1, -0.05) is 0 Å². The van der Waals surface area contributed by atoms with Crippen molar-refractivity contribution in [2.24, 2.45) is 0 Å². The maximum absolute atomic E-state index is 12.1. The fourth-order valence-corrected chi connectivity index (χ4v) is 2.64. The van der Waals surface area contributed by atoms with Crippen molar-refractivity contribution in [3.8, 4) is 0 Å². The Kier molecular flexibility index (Phi) is 5.69. The molecule has 142 valence electrons. The van der Waals surface area contributed by atoms with Crippen molar-refractivity contribution in [1.29, 1.82) is 0 Å². The Morgan fingerprint density at radius 3 is 2.31 bits per heavy atom. The monoisotopic (exact) mass is 364 g/mol. The molecular formula is C17H24N4O5. The smallest absolute Gasteiger partial charge is 0.410 e. The largest absolute Gasteiger partial charge is 0.444 e. The van der Waals surface area contributed by atoms with Gasteiger partial charge in [-0.05, 0) is 32.9 Å². The molecule has 1 saturated heterocycles. The van der Waals surface area contributed by atoms with Gasteiger partial charge in [0.05, 0.1) is 4.92 Å². The van der Waals surface area contributed by atoms with Crippen molar-refractivity contribution in [1.82, 2.24) is 4.90 Å². The Bertz CT molecular complexity index is 706. The molecule has 1 aromatic carbocycles. The summed E-state index contributed by atoms with van der Waals surface area (Å²) in [7, 11) is 0. The number of nitro benzene ring substituents is 1. The van der Waals surface area contributed by atoms with Gasteiger partial charge in [-0.15, -0.1) is 0 Å². The lowest BCUT2D eigenvalue weighted by Crippen LogP contribution is -2.50. The number of ether oxygens (including phenoxy) is 1. The van der Waals surface area contributed by atoms with Crippen molar-refractivity contribution >= 4 is 29.1 Å². The van der Waals surface area contributed by atoms with E-state index in [1.165, 1.54) is 19.1 Å². The Labute approximate surface area is 152 Å². The number of piperazine rings is 1. The maximum atomic E-state index is 12.1. The third kappa shape index (κ3) is 5.08. The van der Waals surface area contributed by atoms with E-state index in [1.807, 2.05) is 25.7 Å². The third-order valence-electron chi connectivity index (χ3n) is 3.79. The van der Waals surface area contributed by atoms with Crippen LogP contribution in [0.4, 0.5) is 21.9 Å². The molecule has 1 fully saturated rings. The van der Waals surface area contributed by atoms with Gasteiger partial charge in [0.2, 0.25) is 5.91 Å². The molecule has 2 amide bonds. The molecule has 0 unspecified atom stereocenters. The Morgan fingerprint density at radius 2 is 1.81 bits per heavy atom. The minimum atomic E-state index is -0.547. The van der Waals surface area contributed by atoms with Gasteiger partial charge < -0.3 is 19.9 Å². The summed E-state index contributed by atoms with van der Waals surface area (Å²) in [6.45, 7) is 8.76. The molecule has 0 spiro atoms. The number of nitro groups is 1. The molecule has 0 atom stereocenters. The molecule has 0 aromatic heterocycles. The first-order valence-corrected chi connectivity index (χ1v) is 8.36. The quantitative estimate of drug-likeness (QED) is 0.653. The zero-order valence-electron chi connectivity index (χ0n) is 15.4. The number of carbonyl (C=O) groups is 2. The Hall–Kier alpha value is -2.84. The van der Waals surface area contributed by atoms with Gasteiger partial charge in [0.1, 0.15) is 11.3 Å². The zero-order valence-corrected chi connectivity index (χ0v) is 15.4. The number of amides is 2. The molecule has 26 heavy (non-hydrogen) atoms. The van der Waals surface area contributed by atoms with Crippen molar-refractivity contribution in [2.45, 2.75) is 33.3 Å². The van der Waals surface area contributed by atoms with Crippen molar-refractivity contribution in [3.63, 3.8) is 0 Å². The first kappa shape index (κ1) is 19.5. The molecule has 0 saturated carbocycles. The maximum Gasteiger partial charge on any atom is 0.410 e. The van der Waals surface area contributed by atoms with E-state index in [0.717, 1.165) is 0 Å². The van der Waals surface area contributed by atoms with Crippen molar-refractivity contribution < 1.29 is 19.2 Å². The molecule has 9 heteroatoms. The van der Waals surface area contributed by atoms with Crippen LogP contribution < -0.4 is 10.2 Å². The zero-order chi connectivity index (χ0) is 19.5. The van der Waals surface area contributed by atoms with Gasteiger partial charge in [0, 0.05) is 44.9 Å². The van der Waals surface area contributed by atoms with Crippen LogP contribution in [-0.2, 0) is 9.53 Å². The summed E-state index contributed by atoms with van der Waals surface area (Å²) in [5, 5.41) is 13.7. The average Bonchev–Trinajstić information content (AvgIpc) is 2.53.